The number of halogens is 2. The second-order valence-corrected chi connectivity index (χ2v) is 11.0. The Hall–Kier alpha value is -2.18. The summed E-state index contributed by atoms with van der Waals surface area (Å²) in [5.41, 5.74) is 17.1. The van der Waals surface area contributed by atoms with Gasteiger partial charge >= 0.3 is 0 Å². The van der Waals surface area contributed by atoms with Crippen LogP contribution >= 0.6 is 31.9 Å². The van der Waals surface area contributed by atoms with Crippen molar-refractivity contribution in [2.45, 2.75) is 74.7 Å². The van der Waals surface area contributed by atoms with Crippen molar-refractivity contribution in [3.63, 3.8) is 0 Å². The summed E-state index contributed by atoms with van der Waals surface area (Å²) in [6.45, 7) is 17.4. The summed E-state index contributed by atoms with van der Waals surface area (Å²) in [7, 11) is 0. The molecule has 4 rings (SSSR count). The van der Waals surface area contributed by atoms with Gasteiger partial charge in [0.05, 0.1) is 11.4 Å². The number of nitrogens with one attached hydrogen (secondary N) is 2. The standard InChI is InChI=1S/C29H34Br2N4/c1-9-20-18(7)24(11-22-14(3)16(5)28(30)34-22)32-26(20)13-27-21(10-2)19(8)25(33-27)12-23-15(4)17(6)29(31)35-23/h11-12,32-33H,9-10,13H2,1-8H3/b22-11-,23-12?. The van der Waals surface area contributed by atoms with Crippen molar-refractivity contribution in [2.24, 2.45) is 9.98 Å². The molecule has 6 heteroatoms. The quantitative estimate of drug-likeness (QED) is 0.335. The lowest BCUT2D eigenvalue weighted by molar-refractivity contribution is 0.965. The maximum absolute atomic E-state index is 4.71. The van der Waals surface area contributed by atoms with Crippen LogP contribution in [0, 0.1) is 13.8 Å². The molecule has 0 saturated heterocycles. The van der Waals surface area contributed by atoms with Gasteiger partial charge in [-0.25, -0.2) is 9.98 Å². The summed E-state index contributed by atoms with van der Waals surface area (Å²) in [5, 5.41) is 0. The summed E-state index contributed by atoms with van der Waals surface area (Å²) in [5.74, 6) is 0. The summed E-state index contributed by atoms with van der Waals surface area (Å²) >= 11 is 7.16. The molecule has 2 N–H and O–H groups in total. The van der Waals surface area contributed by atoms with Crippen LogP contribution in [0.25, 0.3) is 12.2 Å². The zero-order valence-electron chi connectivity index (χ0n) is 21.9. The number of rotatable bonds is 6. The Labute approximate surface area is 225 Å². The van der Waals surface area contributed by atoms with Crippen molar-refractivity contribution in [3.8, 4) is 0 Å². The monoisotopic (exact) mass is 596 g/mol. The third-order valence-corrected chi connectivity index (χ3v) is 9.13. The Kier molecular flexibility index (Phi) is 7.44. The Morgan fingerprint density at radius 1 is 0.629 bits per heavy atom. The first-order valence-electron chi connectivity index (χ1n) is 12.3. The summed E-state index contributed by atoms with van der Waals surface area (Å²) in [6, 6.07) is 0. The van der Waals surface area contributed by atoms with Gasteiger partial charge < -0.3 is 9.97 Å². The van der Waals surface area contributed by atoms with Gasteiger partial charge in [0.1, 0.15) is 9.24 Å². The van der Waals surface area contributed by atoms with Gasteiger partial charge in [0, 0.05) is 29.2 Å². The van der Waals surface area contributed by atoms with E-state index in [2.05, 4.69) is 109 Å². The SMILES string of the molecule is CCc1c(Cc2[nH]c(/C=C3\N=C(Br)C(C)=C3C)c(C)c2CC)[nH]c(C=C2N=C(Br)C(C)=C2C)c1C. The average Bonchev–Trinajstić information content (AvgIpc) is 3.45. The lowest BCUT2D eigenvalue weighted by Crippen LogP contribution is -1.97. The molecular formula is C29H34Br2N4. The highest BCUT2D eigenvalue weighted by molar-refractivity contribution is 9.18. The minimum Gasteiger partial charge on any atom is -0.358 e. The average molecular weight is 598 g/mol. The molecule has 4 nitrogen and oxygen atoms in total. The molecule has 2 aliphatic rings. The van der Waals surface area contributed by atoms with Gasteiger partial charge in [-0.15, -0.1) is 0 Å². The van der Waals surface area contributed by atoms with E-state index >= 15 is 0 Å². The van der Waals surface area contributed by atoms with Crippen LogP contribution in [0.1, 0.15) is 86.6 Å². The number of nitrogens with zero attached hydrogens (tertiary/aromatic N) is 2. The zero-order valence-corrected chi connectivity index (χ0v) is 25.1. The van der Waals surface area contributed by atoms with Crippen molar-refractivity contribution in [3.05, 3.63) is 78.7 Å². The molecule has 0 amide bonds. The number of hydrogen-bond acceptors (Lipinski definition) is 2. The Bertz CT molecular complexity index is 1290. The van der Waals surface area contributed by atoms with Crippen LogP contribution in [0.2, 0.25) is 0 Å². The number of aromatic nitrogens is 2. The second-order valence-electron chi connectivity index (χ2n) is 9.49. The molecule has 0 aliphatic carbocycles. The van der Waals surface area contributed by atoms with Crippen molar-refractivity contribution >= 4 is 53.3 Å². The van der Waals surface area contributed by atoms with E-state index in [1.807, 2.05) is 0 Å². The van der Waals surface area contributed by atoms with E-state index in [4.69, 9.17) is 9.98 Å². The maximum atomic E-state index is 4.71. The van der Waals surface area contributed by atoms with E-state index in [0.717, 1.165) is 51.3 Å². The lowest BCUT2D eigenvalue weighted by Gasteiger charge is -2.05. The molecule has 0 radical (unpaired) electrons. The largest absolute Gasteiger partial charge is 0.358 e. The fourth-order valence-electron chi connectivity index (χ4n) is 4.96. The van der Waals surface area contributed by atoms with Crippen molar-refractivity contribution in [1.82, 2.24) is 9.97 Å². The van der Waals surface area contributed by atoms with Crippen LogP contribution in [-0.4, -0.2) is 19.2 Å². The normalized spacial score (nSPS) is 18.6. The van der Waals surface area contributed by atoms with Crippen molar-refractivity contribution in [1.29, 1.82) is 0 Å². The highest BCUT2D eigenvalue weighted by atomic mass is 79.9. The zero-order chi connectivity index (χ0) is 25.6. The third-order valence-electron chi connectivity index (χ3n) is 7.59. The molecule has 0 saturated carbocycles. The molecule has 0 fully saturated rings. The molecule has 0 unspecified atom stereocenters. The van der Waals surface area contributed by atoms with Crippen LogP contribution in [0.15, 0.2) is 43.7 Å². The third kappa shape index (κ3) is 4.67. The second kappa shape index (κ2) is 10.1. The maximum Gasteiger partial charge on any atom is 0.110 e. The minimum atomic E-state index is 0.849. The van der Waals surface area contributed by atoms with E-state index in [-0.39, 0.29) is 0 Å². The minimum absolute atomic E-state index is 0.849. The molecule has 2 aliphatic heterocycles. The van der Waals surface area contributed by atoms with E-state index in [1.54, 1.807) is 0 Å². The molecular weight excluding hydrogens is 564 g/mol. The molecule has 2 aromatic rings. The van der Waals surface area contributed by atoms with Crippen LogP contribution in [0.5, 0.6) is 0 Å². The highest BCUT2D eigenvalue weighted by Crippen LogP contribution is 2.33. The van der Waals surface area contributed by atoms with E-state index in [1.165, 1.54) is 55.9 Å². The predicted octanol–water partition coefficient (Wildman–Crippen LogP) is 8.64. The van der Waals surface area contributed by atoms with Gasteiger partial charge in [-0.2, -0.15) is 0 Å². The van der Waals surface area contributed by atoms with E-state index < -0.39 is 0 Å². The number of aliphatic imine (C=N–C) groups is 2. The molecule has 2 aromatic heterocycles. The first kappa shape index (κ1) is 25.9. The summed E-state index contributed by atoms with van der Waals surface area (Å²) in [4.78, 5) is 16.9. The van der Waals surface area contributed by atoms with Crippen LogP contribution in [0.3, 0.4) is 0 Å². The van der Waals surface area contributed by atoms with Gasteiger partial charge in [-0.05, 0) is 143 Å². The molecule has 0 aromatic carbocycles. The first-order chi connectivity index (χ1) is 16.6. The molecule has 0 spiro atoms. The van der Waals surface area contributed by atoms with Gasteiger partial charge in [-0.1, -0.05) is 13.8 Å². The predicted molar refractivity (Wildman–Crippen MR) is 158 cm³/mol. The number of allylic oxidation sites excluding steroid dienone is 4. The molecule has 0 bridgehead atoms. The van der Waals surface area contributed by atoms with Gasteiger partial charge in [0.2, 0.25) is 0 Å². The Balaban J connectivity index is 1.73. The molecule has 35 heavy (non-hydrogen) atoms. The number of hydrogen-bond donors (Lipinski definition) is 2. The fourth-order valence-corrected chi connectivity index (χ4v) is 5.94. The van der Waals surface area contributed by atoms with Crippen molar-refractivity contribution in [2.75, 3.05) is 0 Å². The van der Waals surface area contributed by atoms with Gasteiger partial charge in [0.25, 0.3) is 0 Å². The van der Waals surface area contributed by atoms with E-state index in [9.17, 15) is 0 Å². The lowest BCUT2D eigenvalue weighted by atomic mass is 10.0. The number of aromatic amines is 2. The molecule has 184 valence electrons. The smallest absolute Gasteiger partial charge is 0.110 e. The highest BCUT2D eigenvalue weighted by Gasteiger charge is 2.21. The topological polar surface area (TPSA) is 56.3 Å². The van der Waals surface area contributed by atoms with Crippen LogP contribution < -0.4 is 0 Å². The molecule has 4 heterocycles. The van der Waals surface area contributed by atoms with Gasteiger partial charge in [0.15, 0.2) is 0 Å². The fraction of sp³-hybridized carbons (Fsp3) is 0.379. The van der Waals surface area contributed by atoms with E-state index in [0.29, 0.717) is 0 Å². The molecule has 0 atom stereocenters. The summed E-state index contributed by atoms with van der Waals surface area (Å²) in [6.07, 6.45) is 7.21. The van der Waals surface area contributed by atoms with Crippen molar-refractivity contribution < 1.29 is 0 Å². The summed E-state index contributed by atoms with van der Waals surface area (Å²) < 4.78 is 1.85. The number of H-pyrrole nitrogens is 2. The Morgan fingerprint density at radius 2 is 1.00 bits per heavy atom. The first-order valence-corrected chi connectivity index (χ1v) is 13.8. The van der Waals surface area contributed by atoms with Gasteiger partial charge in [-0.3, -0.25) is 0 Å². The van der Waals surface area contributed by atoms with Crippen LogP contribution in [0.4, 0.5) is 0 Å². The Morgan fingerprint density at radius 3 is 1.29 bits per heavy atom. The van der Waals surface area contributed by atoms with Crippen LogP contribution in [-0.2, 0) is 19.3 Å².